The van der Waals surface area contributed by atoms with Crippen molar-refractivity contribution in [2.24, 2.45) is 0 Å². The molecule has 0 atom stereocenters. The van der Waals surface area contributed by atoms with Gasteiger partial charge >= 0.3 is 0 Å². The first-order valence-corrected chi connectivity index (χ1v) is 30.0. The van der Waals surface area contributed by atoms with E-state index in [1.165, 1.54) is 43.2 Å². The van der Waals surface area contributed by atoms with Crippen molar-refractivity contribution in [2.45, 2.75) is 114 Å². The molecule has 2 aromatic rings. The molecule has 0 nitrogen and oxygen atoms in total. The minimum atomic E-state index is -1.43. The lowest BCUT2D eigenvalue weighted by Crippen LogP contribution is -2.42. The molecule has 0 fully saturated rings. The molecule has 0 spiro atoms. The molecule has 2 rings (SSSR count). The van der Waals surface area contributed by atoms with E-state index in [9.17, 15) is 0 Å². The average molecular weight is 573 g/mol. The Kier molecular flexibility index (Phi) is 12.6. The Morgan fingerprint density at radius 2 is 0.750 bits per heavy atom. The summed E-state index contributed by atoms with van der Waals surface area (Å²) in [5.41, 5.74) is 0. The summed E-state index contributed by atoms with van der Waals surface area (Å²) >= 11 is 0. The number of hydrogen-bond acceptors (Lipinski definition) is 0. The molecule has 0 heterocycles. The third kappa shape index (κ3) is 13.0. The smallest absolute Gasteiger partial charge is 0.0584 e. The van der Waals surface area contributed by atoms with Crippen LogP contribution in [0.1, 0.15) is 19.3 Å². The van der Waals surface area contributed by atoms with Crippen molar-refractivity contribution in [1.82, 2.24) is 0 Å². The standard InChI is InChI=1S/C31H57PSi4/c1-33(2,3)23-16-26-36(27-17-24-34(4,5)6,28-18-25-35(7,8)9)29-32(30-19-12-10-13-20-30)31-21-14-11-15-22-31/h10-15,19-22H,16-18,23-29H2,1-9H3. The Labute approximate surface area is 230 Å². The Morgan fingerprint density at radius 1 is 0.444 bits per heavy atom. The van der Waals surface area contributed by atoms with Crippen LogP contribution < -0.4 is 10.6 Å². The van der Waals surface area contributed by atoms with Crippen LogP contribution in [-0.2, 0) is 0 Å². The largest absolute Gasteiger partial charge is 0.0695 e. The summed E-state index contributed by atoms with van der Waals surface area (Å²) in [4.78, 5) is 0. The fourth-order valence-corrected chi connectivity index (χ4v) is 21.2. The summed E-state index contributed by atoms with van der Waals surface area (Å²) in [6.07, 6.45) is 4.48. The molecule has 0 saturated heterocycles. The highest BCUT2D eigenvalue weighted by Gasteiger charge is 2.36. The second-order valence-electron chi connectivity index (χ2n) is 15.0. The maximum absolute atomic E-state index is 2.58. The third-order valence-electron chi connectivity index (χ3n) is 7.53. The van der Waals surface area contributed by atoms with Gasteiger partial charge in [-0.2, -0.15) is 0 Å². The van der Waals surface area contributed by atoms with Crippen LogP contribution in [0.15, 0.2) is 60.7 Å². The van der Waals surface area contributed by atoms with E-state index >= 15 is 0 Å². The van der Waals surface area contributed by atoms with Crippen molar-refractivity contribution >= 4 is 50.8 Å². The molecule has 0 aliphatic heterocycles. The maximum Gasteiger partial charge on any atom is 0.0584 e. The zero-order chi connectivity index (χ0) is 26.9. The summed E-state index contributed by atoms with van der Waals surface area (Å²) in [6, 6.07) is 32.5. The van der Waals surface area contributed by atoms with Gasteiger partial charge in [-0.25, -0.2) is 0 Å². The van der Waals surface area contributed by atoms with Crippen LogP contribution in [-0.4, -0.2) is 38.1 Å². The van der Waals surface area contributed by atoms with E-state index in [0.29, 0.717) is 0 Å². The molecule has 0 bridgehead atoms. The zero-order valence-corrected chi connectivity index (χ0v) is 30.2. The van der Waals surface area contributed by atoms with Gasteiger partial charge in [-0.3, -0.25) is 0 Å². The molecule has 202 valence electrons. The minimum absolute atomic E-state index is 0.277. The van der Waals surface area contributed by atoms with E-state index in [4.69, 9.17) is 0 Å². The molecule has 5 heteroatoms. The fraction of sp³-hybridized carbons (Fsp3) is 0.613. The average Bonchev–Trinajstić information content (AvgIpc) is 2.76. The summed E-state index contributed by atoms with van der Waals surface area (Å²) in [6.45, 7) is 23.2. The lowest BCUT2D eigenvalue weighted by atomic mass is 10.4. The zero-order valence-electron chi connectivity index (χ0n) is 25.3. The number of rotatable bonds is 16. The first-order chi connectivity index (χ1) is 16.7. The van der Waals surface area contributed by atoms with Gasteiger partial charge in [-0.1, -0.05) is 175 Å². The predicted molar refractivity (Wildman–Crippen MR) is 182 cm³/mol. The van der Waals surface area contributed by atoms with E-state index in [-0.39, 0.29) is 7.92 Å². The Balaban J connectivity index is 2.43. The van der Waals surface area contributed by atoms with Gasteiger partial charge in [0.05, 0.1) is 8.07 Å². The summed E-state index contributed by atoms with van der Waals surface area (Å²) in [5.74, 6) is 1.51. The quantitative estimate of drug-likeness (QED) is 0.139. The van der Waals surface area contributed by atoms with Crippen LogP contribution in [0.5, 0.6) is 0 Å². The molecule has 0 unspecified atom stereocenters. The van der Waals surface area contributed by atoms with Crippen molar-refractivity contribution in [1.29, 1.82) is 0 Å². The lowest BCUT2D eigenvalue weighted by Gasteiger charge is -2.38. The van der Waals surface area contributed by atoms with Crippen molar-refractivity contribution in [2.75, 3.05) is 5.79 Å². The SMILES string of the molecule is C[Si](C)(C)CCC[Si](CCC[Si](C)(C)C)(CCC[Si](C)(C)C)CP(c1ccccc1)c1ccccc1. The van der Waals surface area contributed by atoms with Crippen LogP contribution in [0, 0.1) is 0 Å². The first-order valence-electron chi connectivity index (χ1n) is 14.6. The monoisotopic (exact) mass is 572 g/mol. The highest BCUT2D eigenvalue weighted by atomic mass is 31.1. The van der Waals surface area contributed by atoms with Gasteiger partial charge in [-0.05, 0) is 24.3 Å². The molecule has 36 heavy (non-hydrogen) atoms. The van der Waals surface area contributed by atoms with Crippen molar-refractivity contribution in [3.8, 4) is 0 Å². The Bertz CT molecular complexity index is 774. The topological polar surface area (TPSA) is 0 Å². The molecule has 0 aliphatic rings. The molecule has 0 aliphatic carbocycles. The summed E-state index contributed by atoms with van der Waals surface area (Å²) < 4.78 is 0. The molecule has 0 N–H and O–H groups in total. The maximum atomic E-state index is 2.58. The van der Waals surface area contributed by atoms with Crippen LogP contribution in [0.4, 0.5) is 0 Å². The molecule has 0 aromatic heterocycles. The lowest BCUT2D eigenvalue weighted by molar-refractivity contribution is 0.904. The molecular weight excluding hydrogens is 516 g/mol. The Hall–Kier alpha value is -0.262. The van der Waals surface area contributed by atoms with E-state index in [2.05, 4.69) is 120 Å². The van der Waals surface area contributed by atoms with Crippen molar-refractivity contribution in [3.63, 3.8) is 0 Å². The molecule has 0 saturated carbocycles. The molecule has 0 radical (unpaired) electrons. The van der Waals surface area contributed by atoms with E-state index in [1.54, 1.807) is 28.7 Å². The van der Waals surface area contributed by atoms with Gasteiger partial charge in [0.25, 0.3) is 0 Å². The molecule has 0 amide bonds. The Morgan fingerprint density at radius 3 is 1.03 bits per heavy atom. The van der Waals surface area contributed by atoms with E-state index < -0.39 is 32.3 Å². The van der Waals surface area contributed by atoms with Crippen LogP contribution >= 0.6 is 7.92 Å². The second-order valence-corrected chi connectivity index (χ2v) is 39.5. The highest BCUT2D eigenvalue weighted by molar-refractivity contribution is 7.75. The predicted octanol–water partition coefficient (Wildman–Crippen LogP) is 10.3. The van der Waals surface area contributed by atoms with Gasteiger partial charge in [0.15, 0.2) is 0 Å². The van der Waals surface area contributed by atoms with Gasteiger partial charge in [0.2, 0.25) is 0 Å². The van der Waals surface area contributed by atoms with Crippen LogP contribution in [0.3, 0.4) is 0 Å². The van der Waals surface area contributed by atoms with Gasteiger partial charge < -0.3 is 0 Å². The van der Waals surface area contributed by atoms with Crippen molar-refractivity contribution < 1.29 is 0 Å². The molecule has 2 aromatic carbocycles. The summed E-state index contributed by atoms with van der Waals surface area (Å²) in [5, 5.41) is 3.22. The van der Waals surface area contributed by atoms with Crippen molar-refractivity contribution in [3.05, 3.63) is 60.7 Å². The first kappa shape index (κ1) is 32.0. The fourth-order valence-electron chi connectivity index (χ4n) is 5.48. The highest BCUT2D eigenvalue weighted by Crippen LogP contribution is 2.43. The van der Waals surface area contributed by atoms with Crippen LogP contribution in [0.25, 0.3) is 0 Å². The summed E-state index contributed by atoms with van der Waals surface area (Å²) in [7, 11) is -4.72. The molecular formula is C31H57PSi4. The van der Waals surface area contributed by atoms with E-state index in [0.717, 1.165) is 0 Å². The van der Waals surface area contributed by atoms with Gasteiger partial charge in [0.1, 0.15) is 0 Å². The number of benzene rings is 2. The van der Waals surface area contributed by atoms with Crippen LogP contribution in [0.2, 0.25) is 95.2 Å². The minimum Gasteiger partial charge on any atom is -0.0695 e. The van der Waals surface area contributed by atoms with Gasteiger partial charge in [0, 0.05) is 24.2 Å². The number of hydrogen-bond donors (Lipinski definition) is 0. The third-order valence-corrected chi connectivity index (χ3v) is 23.1. The second kappa shape index (κ2) is 14.2. The van der Waals surface area contributed by atoms with E-state index in [1.807, 2.05) is 0 Å². The normalized spacial score (nSPS) is 13.4. The van der Waals surface area contributed by atoms with Gasteiger partial charge in [-0.15, -0.1) is 0 Å².